The van der Waals surface area contributed by atoms with Crippen LogP contribution in [-0.4, -0.2) is 70.0 Å². The first-order valence-corrected chi connectivity index (χ1v) is 24.6. The first-order valence-electron chi connectivity index (χ1n) is 22.0. The Morgan fingerprint density at radius 3 is 1.39 bits per heavy atom. The van der Waals surface area contributed by atoms with Gasteiger partial charge in [-0.25, -0.2) is 0 Å². The number of hydrogen-bond donors (Lipinski definition) is 0. The number of ether oxygens (including phenoxy) is 2. The summed E-state index contributed by atoms with van der Waals surface area (Å²) in [6, 6.07) is 0. The molecule has 0 saturated heterocycles. The molecule has 0 aromatic rings. The minimum absolute atomic E-state index is 0.170. The lowest BCUT2D eigenvalue weighted by Crippen LogP contribution is -2.37. The highest BCUT2D eigenvalue weighted by Crippen LogP contribution is 2.39. The van der Waals surface area contributed by atoms with Gasteiger partial charge in [0.05, 0.1) is 27.7 Å². The monoisotopic (exact) mass is 802 g/mol. The number of quaternary nitrogens is 1. The van der Waals surface area contributed by atoms with Gasteiger partial charge in [-0.1, -0.05) is 153 Å². The fourth-order valence-corrected chi connectivity index (χ4v) is 7.07. The molecule has 0 aliphatic heterocycles. The van der Waals surface area contributed by atoms with E-state index in [2.05, 4.69) is 38.2 Å². The number of carbonyl (C=O) groups is 2. The van der Waals surface area contributed by atoms with Crippen LogP contribution in [0.2, 0.25) is 0 Å². The van der Waals surface area contributed by atoms with Crippen LogP contribution in [0.5, 0.6) is 0 Å². The predicted octanol–water partition coefficient (Wildman–Crippen LogP) is 11.8. The van der Waals surface area contributed by atoms with Crippen LogP contribution in [0.15, 0.2) is 24.3 Å². The van der Waals surface area contributed by atoms with Crippen LogP contribution in [0, 0.1) is 0 Å². The number of esters is 2. The second-order valence-corrected chi connectivity index (χ2v) is 18.8. The Bertz CT molecular complexity index is 984. The van der Waals surface area contributed by atoms with E-state index in [4.69, 9.17) is 30.3 Å². The van der Waals surface area contributed by atoms with Gasteiger partial charge < -0.3 is 27.9 Å². The summed E-state index contributed by atoms with van der Waals surface area (Å²) >= 11 is 5.07. The number of allylic oxidation sites excluding steroid dienone is 4. The number of carbonyl (C=O) groups excluding carboxylic acids is 2. The fourth-order valence-electron chi connectivity index (χ4n) is 5.94. The van der Waals surface area contributed by atoms with Crippen LogP contribution in [-0.2, 0) is 39.9 Å². The molecule has 0 amide bonds. The summed E-state index contributed by atoms with van der Waals surface area (Å²) in [5, 5.41) is 0. The topological polar surface area (TPSA) is 94.1 Å². The fraction of sp³-hybridized carbons (Fsp3) is 0.864. The number of hydrogen-bond acceptors (Lipinski definition) is 8. The first-order chi connectivity index (χ1) is 26.0. The summed E-state index contributed by atoms with van der Waals surface area (Å²) in [5.74, 6) is -0.730. The van der Waals surface area contributed by atoms with Crippen LogP contribution in [0.3, 0.4) is 0 Å². The average Bonchev–Trinajstić information content (AvgIpc) is 3.12. The van der Waals surface area contributed by atoms with E-state index in [-0.39, 0.29) is 38.2 Å². The van der Waals surface area contributed by atoms with Gasteiger partial charge in [0.25, 0.3) is 0 Å². The molecule has 10 heteroatoms. The third-order valence-corrected chi connectivity index (χ3v) is 11.0. The van der Waals surface area contributed by atoms with E-state index >= 15 is 0 Å². The Balaban J connectivity index is 4.38. The smallest absolute Gasteiger partial charge is 0.306 e. The Morgan fingerprint density at radius 2 is 0.963 bits per heavy atom. The van der Waals surface area contributed by atoms with Gasteiger partial charge in [0, 0.05) is 12.8 Å². The Kier molecular flexibility index (Phi) is 36.7. The van der Waals surface area contributed by atoms with Crippen molar-refractivity contribution in [3.63, 3.8) is 0 Å². The summed E-state index contributed by atoms with van der Waals surface area (Å²) in [6.07, 6.45) is 39.8. The molecule has 0 N–H and O–H groups in total. The standard InChI is InChI=1S/C44H84NO7PS/c1-6-8-10-12-14-16-18-20-22-24-26-28-30-32-34-36-43(46)49-40-42(41-51-53(48,54)50-39-38-45(3,4)5)52-44(47)37-35-33-31-29-27-25-23-21-19-17-15-13-11-9-7-2/h20-23,42H,6-19,24-41H2,1-5H3/b22-20-,23-21-. The second kappa shape index (κ2) is 37.5. The number of nitrogens with zero attached hydrogens (tertiary/aromatic N) is 1. The van der Waals surface area contributed by atoms with Crippen molar-refractivity contribution in [3.05, 3.63) is 24.3 Å². The quantitative estimate of drug-likeness (QED) is 0.0199. The van der Waals surface area contributed by atoms with Gasteiger partial charge in [-0.2, -0.15) is 0 Å². The minimum atomic E-state index is -3.79. The molecule has 0 spiro atoms. The largest absolute Gasteiger partial charge is 0.780 e. The first kappa shape index (κ1) is 52.9. The van der Waals surface area contributed by atoms with Crippen LogP contribution < -0.4 is 4.89 Å². The molecular weight excluding hydrogens is 718 g/mol. The van der Waals surface area contributed by atoms with Gasteiger partial charge in [0.15, 0.2) is 6.10 Å². The molecule has 0 rings (SSSR count). The molecule has 8 nitrogen and oxygen atoms in total. The number of likely N-dealkylation sites (N-methyl/N-ethyl adjacent to an activating group) is 1. The zero-order valence-electron chi connectivity index (χ0n) is 35.7. The zero-order valence-corrected chi connectivity index (χ0v) is 37.4. The van der Waals surface area contributed by atoms with Gasteiger partial charge in [-0.15, -0.1) is 0 Å². The van der Waals surface area contributed by atoms with Crippen molar-refractivity contribution >= 4 is 30.5 Å². The second-order valence-electron chi connectivity index (χ2n) is 16.1. The summed E-state index contributed by atoms with van der Waals surface area (Å²) in [5.41, 5.74) is 0. The van der Waals surface area contributed by atoms with Crippen molar-refractivity contribution < 1.29 is 37.5 Å². The van der Waals surface area contributed by atoms with E-state index in [0.717, 1.165) is 70.6 Å². The van der Waals surface area contributed by atoms with E-state index in [1.807, 2.05) is 21.1 Å². The van der Waals surface area contributed by atoms with Crippen molar-refractivity contribution in [1.29, 1.82) is 0 Å². The van der Waals surface area contributed by atoms with Gasteiger partial charge in [-0.05, 0) is 64.2 Å². The lowest BCUT2D eigenvalue weighted by molar-refractivity contribution is -0.870. The van der Waals surface area contributed by atoms with Crippen molar-refractivity contribution in [3.8, 4) is 0 Å². The van der Waals surface area contributed by atoms with E-state index in [9.17, 15) is 14.5 Å². The zero-order chi connectivity index (χ0) is 40.0. The number of unbranched alkanes of at least 4 members (excludes halogenated alkanes) is 22. The molecule has 0 saturated carbocycles. The highest BCUT2D eigenvalue weighted by atomic mass is 32.5. The summed E-state index contributed by atoms with van der Waals surface area (Å²) < 4.78 is 22.5. The van der Waals surface area contributed by atoms with Gasteiger partial charge in [0.2, 0.25) is 0 Å². The van der Waals surface area contributed by atoms with E-state index in [1.165, 1.54) is 96.3 Å². The number of rotatable bonds is 40. The van der Waals surface area contributed by atoms with Crippen LogP contribution in [0.1, 0.15) is 194 Å². The third-order valence-electron chi connectivity index (χ3n) is 9.44. The molecule has 0 heterocycles. The molecule has 0 aromatic heterocycles. The van der Waals surface area contributed by atoms with Crippen LogP contribution in [0.4, 0.5) is 0 Å². The predicted molar refractivity (Wildman–Crippen MR) is 229 cm³/mol. The minimum Gasteiger partial charge on any atom is -0.780 e. The maximum Gasteiger partial charge on any atom is 0.306 e. The van der Waals surface area contributed by atoms with Crippen molar-refractivity contribution in [2.24, 2.45) is 0 Å². The SMILES string of the molecule is CCCCCCCC/C=C\CCCCCCCC(=O)OCC(COP([O-])(=S)OCC[N+](C)(C)C)OC(=O)CCCCCCC/C=C\CCCCCCCC. The summed E-state index contributed by atoms with van der Waals surface area (Å²) in [7, 11) is 5.99. The lowest BCUT2D eigenvalue weighted by atomic mass is 10.1. The van der Waals surface area contributed by atoms with Gasteiger partial charge >= 0.3 is 11.9 Å². The molecule has 0 radical (unpaired) electrons. The molecule has 0 fully saturated rings. The molecule has 54 heavy (non-hydrogen) atoms. The third kappa shape index (κ3) is 40.6. The summed E-state index contributed by atoms with van der Waals surface area (Å²) in [4.78, 5) is 38.0. The highest BCUT2D eigenvalue weighted by molar-refractivity contribution is 8.06. The maximum atomic E-state index is 12.7. The van der Waals surface area contributed by atoms with Crippen LogP contribution in [0.25, 0.3) is 0 Å². The molecular formula is C44H84NO7PS. The van der Waals surface area contributed by atoms with Crippen molar-refractivity contribution in [2.75, 3.05) is 47.5 Å². The van der Waals surface area contributed by atoms with Gasteiger partial charge in [-0.3, -0.25) is 9.59 Å². The Hall–Kier alpha value is -1.09. The summed E-state index contributed by atoms with van der Waals surface area (Å²) in [6.45, 7) is 1.07. The molecule has 2 atom stereocenters. The van der Waals surface area contributed by atoms with E-state index < -0.39 is 12.8 Å². The van der Waals surface area contributed by atoms with Crippen molar-refractivity contribution in [1.82, 2.24) is 0 Å². The molecule has 2 unspecified atom stereocenters. The van der Waals surface area contributed by atoms with Crippen LogP contribution >= 0.6 is 6.72 Å². The van der Waals surface area contributed by atoms with E-state index in [0.29, 0.717) is 17.4 Å². The molecule has 0 aromatic carbocycles. The molecule has 0 bridgehead atoms. The van der Waals surface area contributed by atoms with Gasteiger partial charge in [0.1, 0.15) is 26.5 Å². The Labute approximate surface area is 338 Å². The molecule has 318 valence electrons. The molecule has 0 aliphatic rings. The van der Waals surface area contributed by atoms with Crippen molar-refractivity contribution in [2.45, 2.75) is 200 Å². The maximum absolute atomic E-state index is 12.7. The Morgan fingerprint density at radius 1 is 0.574 bits per heavy atom. The molecule has 0 aliphatic carbocycles. The van der Waals surface area contributed by atoms with E-state index in [1.54, 1.807) is 0 Å². The highest BCUT2D eigenvalue weighted by Gasteiger charge is 2.20. The normalized spacial score (nSPS) is 13.8. The lowest BCUT2D eigenvalue weighted by Gasteiger charge is -2.31. The average molecular weight is 802 g/mol.